The van der Waals surface area contributed by atoms with Gasteiger partial charge in [-0.3, -0.25) is 4.79 Å². The number of imidazole rings is 1. The number of nitrogens with zero attached hydrogens (tertiary/aromatic N) is 6. The second kappa shape index (κ2) is 14.5. The minimum absolute atomic E-state index is 0.0213. The van der Waals surface area contributed by atoms with E-state index in [9.17, 15) is 19.7 Å². The molecule has 5 atom stereocenters. The highest BCUT2D eigenvalue weighted by atomic mass is 35.5. The second-order valence-corrected chi connectivity index (χ2v) is 11.8. The Morgan fingerprint density at radius 3 is 2.52 bits per heavy atom. The molecule has 2 fully saturated rings. The Morgan fingerprint density at radius 1 is 1.12 bits per heavy atom. The summed E-state index contributed by atoms with van der Waals surface area (Å²) in [7, 11) is 0. The molecule has 2 N–H and O–H groups in total. The number of ether oxygens (including phenoxy) is 3. The Labute approximate surface area is 279 Å². The first-order chi connectivity index (χ1) is 23.2. The SMILES string of the molecule is CCCCc1nc(Cl)c(C(=O)N[C@@H](C)C(=O)O[C@H]2CO[C@H]3[C@@H]2OC[C@H]3O[N+](=O)[O-])n1Cc1ccc(-c2ccccc2-c2nn[nH]n2)cc1. The van der Waals surface area contributed by atoms with Crippen molar-refractivity contribution in [2.24, 2.45) is 0 Å². The van der Waals surface area contributed by atoms with Gasteiger partial charge in [0.15, 0.2) is 17.4 Å². The molecule has 2 aliphatic heterocycles. The monoisotopic (exact) mass is 680 g/mol. The van der Waals surface area contributed by atoms with Gasteiger partial charge in [-0.15, -0.1) is 20.3 Å². The van der Waals surface area contributed by atoms with Gasteiger partial charge in [0.25, 0.3) is 11.0 Å². The van der Waals surface area contributed by atoms with Crippen LogP contribution < -0.4 is 5.32 Å². The molecule has 0 unspecified atom stereocenters. The van der Waals surface area contributed by atoms with Crippen LogP contribution in [-0.4, -0.2) is 90.8 Å². The molecule has 0 spiro atoms. The van der Waals surface area contributed by atoms with Gasteiger partial charge in [-0.1, -0.05) is 73.5 Å². The molecule has 4 heterocycles. The average Bonchev–Trinajstić information content (AvgIpc) is 3.87. The van der Waals surface area contributed by atoms with Crippen LogP contribution >= 0.6 is 11.6 Å². The molecule has 2 aromatic carbocycles. The van der Waals surface area contributed by atoms with E-state index in [4.69, 9.17) is 25.8 Å². The van der Waals surface area contributed by atoms with E-state index in [0.29, 0.717) is 24.6 Å². The number of aromatic amines is 1. The molecular formula is C31H33ClN8O8. The van der Waals surface area contributed by atoms with Crippen LogP contribution in [0.2, 0.25) is 5.15 Å². The normalized spacial score (nSPS) is 20.6. The number of unbranched alkanes of at least 4 members (excludes halogenated alkanes) is 1. The van der Waals surface area contributed by atoms with Crippen molar-refractivity contribution >= 4 is 23.5 Å². The number of hydrogen-bond donors (Lipinski definition) is 2. The summed E-state index contributed by atoms with van der Waals surface area (Å²) in [5.74, 6) is -0.194. The van der Waals surface area contributed by atoms with Gasteiger partial charge < -0.3 is 28.9 Å². The number of fused-ring (bicyclic) bond motifs is 1. The lowest BCUT2D eigenvalue weighted by atomic mass is 9.98. The topological polar surface area (TPSA) is 199 Å². The number of esters is 1. The summed E-state index contributed by atoms with van der Waals surface area (Å²) in [5.41, 5.74) is 3.73. The zero-order valence-electron chi connectivity index (χ0n) is 26.1. The predicted molar refractivity (Wildman–Crippen MR) is 168 cm³/mol. The van der Waals surface area contributed by atoms with Crippen molar-refractivity contribution < 1.29 is 33.7 Å². The van der Waals surface area contributed by atoms with Gasteiger partial charge in [-0.25, -0.2) is 9.78 Å². The molecule has 2 saturated heterocycles. The van der Waals surface area contributed by atoms with Crippen LogP contribution in [0.1, 0.15) is 48.6 Å². The predicted octanol–water partition coefficient (Wildman–Crippen LogP) is 3.18. The van der Waals surface area contributed by atoms with Crippen LogP contribution in [0.3, 0.4) is 0 Å². The first kappa shape index (κ1) is 33.0. The lowest BCUT2D eigenvalue weighted by Crippen LogP contribution is -2.44. The van der Waals surface area contributed by atoms with Gasteiger partial charge in [0.05, 0.1) is 13.2 Å². The van der Waals surface area contributed by atoms with E-state index in [2.05, 4.69) is 42.7 Å². The van der Waals surface area contributed by atoms with Gasteiger partial charge in [0, 0.05) is 18.5 Å². The molecular weight excluding hydrogens is 648 g/mol. The highest BCUT2D eigenvalue weighted by molar-refractivity contribution is 6.32. The number of H-pyrrole nitrogens is 1. The van der Waals surface area contributed by atoms with Crippen molar-refractivity contribution in [2.45, 2.75) is 70.1 Å². The molecule has 252 valence electrons. The molecule has 0 radical (unpaired) electrons. The summed E-state index contributed by atoms with van der Waals surface area (Å²) in [4.78, 5) is 46.5. The fraction of sp³-hybridized carbons (Fsp3) is 0.419. The number of hydrogen-bond acceptors (Lipinski definition) is 12. The van der Waals surface area contributed by atoms with Crippen molar-refractivity contribution in [1.82, 2.24) is 35.5 Å². The average molecular weight is 681 g/mol. The van der Waals surface area contributed by atoms with Crippen LogP contribution in [0.25, 0.3) is 22.5 Å². The first-order valence-corrected chi connectivity index (χ1v) is 15.8. The van der Waals surface area contributed by atoms with E-state index in [1.807, 2.05) is 48.5 Å². The number of tetrazole rings is 1. The fourth-order valence-electron chi connectivity index (χ4n) is 5.86. The number of amides is 1. The number of rotatable bonds is 13. The zero-order chi connectivity index (χ0) is 33.8. The molecule has 2 aromatic heterocycles. The van der Waals surface area contributed by atoms with Crippen LogP contribution in [0.5, 0.6) is 0 Å². The smallest absolute Gasteiger partial charge is 0.328 e. The molecule has 1 amide bonds. The van der Waals surface area contributed by atoms with Crippen molar-refractivity contribution in [3.8, 4) is 22.5 Å². The van der Waals surface area contributed by atoms with Crippen molar-refractivity contribution in [2.75, 3.05) is 13.2 Å². The van der Waals surface area contributed by atoms with Crippen LogP contribution in [0.4, 0.5) is 0 Å². The number of nitrogens with one attached hydrogen (secondary N) is 2. The summed E-state index contributed by atoms with van der Waals surface area (Å²) in [6.07, 6.45) is -0.858. The Hall–Kier alpha value is -4.93. The molecule has 4 aromatic rings. The highest BCUT2D eigenvalue weighted by Crippen LogP contribution is 2.32. The number of benzene rings is 2. The number of carbonyl (C=O) groups is 2. The number of aryl methyl sites for hydroxylation is 1. The van der Waals surface area contributed by atoms with Gasteiger partial charge in [0.1, 0.15) is 29.8 Å². The molecule has 0 aliphatic carbocycles. The first-order valence-electron chi connectivity index (χ1n) is 15.5. The molecule has 0 saturated carbocycles. The van der Waals surface area contributed by atoms with Crippen molar-refractivity contribution in [3.05, 3.63) is 80.9 Å². The quantitative estimate of drug-likeness (QED) is 0.119. The molecule has 16 nitrogen and oxygen atoms in total. The van der Waals surface area contributed by atoms with Gasteiger partial charge in [-0.2, -0.15) is 5.21 Å². The fourth-order valence-corrected chi connectivity index (χ4v) is 6.15. The number of carbonyl (C=O) groups excluding carboxylic acids is 2. The van der Waals surface area contributed by atoms with E-state index in [1.54, 1.807) is 4.57 Å². The van der Waals surface area contributed by atoms with E-state index in [0.717, 1.165) is 35.1 Å². The maximum atomic E-state index is 13.6. The molecule has 6 rings (SSSR count). The standard InChI is InChI=1S/C31H33ClN8O8/c1-3-4-9-24-34-28(32)25(30(41)33-17(2)31(42)47-22-15-45-27-23(48-40(43)44)16-46-26(22)27)39(24)14-18-10-12-19(13-11-18)20-7-5-6-8-21(20)29-35-37-38-36-29/h5-8,10-13,17,22-23,26-27H,3-4,9,14-16H2,1-2H3,(H,33,41)(H,35,36,37,38)/t17-,22-,23+,26+,27+/m0/s1. The van der Waals surface area contributed by atoms with Crippen molar-refractivity contribution in [3.63, 3.8) is 0 Å². The maximum absolute atomic E-state index is 13.6. The van der Waals surface area contributed by atoms with E-state index >= 15 is 0 Å². The summed E-state index contributed by atoms with van der Waals surface area (Å²) < 4.78 is 18.5. The minimum Gasteiger partial charge on any atom is -0.455 e. The highest BCUT2D eigenvalue weighted by Gasteiger charge is 2.51. The van der Waals surface area contributed by atoms with Crippen LogP contribution in [0, 0.1) is 10.1 Å². The molecule has 2 aliphatic rings. The second-order valence-electron chi connectivity index (χ2n) is 11.5. The summed E-state index contributed by atoms with van der Waals surface area (Å²) in [5, 5.41) is 26.9. The van der Waals surface area contributed by atoms with E-state index in [-0.39, 0.29) is 24.1 Å². The zero-order valence-corrected chi connectivity index (χ0v) is 26.8. The molecule has 17 heteroatoms. The van der Waals surface area contributed by atoms with Gasteiger partial charge in [0.2, 0.25) is 5.82 Å². The Morgan fingerprint density at radius 2 is 1.83 bits per heavy atom. The lowest BCUT2D eigenvalue weighted by molar-refractivity contribution is -0.769. The van der Waals surface area contributed by atoms with Gasteiger partial charge >= 0.3 is 5.97 Å². The van der Waals surface area contributed by atoms with Crippen LogP contribution in [0.15, 0.2) is 48.5 Å². The Balaban J connectivity index is 1.16. The maximum Gasteiger partial charge on any atom is 0.328 e. The third-order valence-corrected chi connectivity index (χ3v) is 8.51. The van der Waals surface area contributed by atoms with Crippen molar-refractivity contribution in [1.29, 1.82) is 0 Å². The van der Waals surface area contributed by atoms with Gasteiger partial charge in [-0.05, 0) is 35.2 Å². The largest absolute Gasteiger partial charge is 0.455 e. The molecule has 0 bridgehead atoms. The van der Waals surface area contributed by atoms with Crippen LogP contribution in [-0.2, 0) is 36.8 Å². The summed E-state index contributed by atoms with van der Waals surface area (Å²) >= 11 is 6.55. The third kappa shape index (κ3) is 7.00. The molecule has 48 heavy (non-hydrogen) atoms. The summed E-state index contributed by atoms with van der Waals surface area (Å²) in [6.45, 7) is 3.75. The minimum atomic E-state index is -1.07. The van der Waals surface area contributed by atoms with E-state index in [1.165, 1.54) is 6.92 Å². The Kier molecular flexibility index (Phi) is 9.93. The summed E-state index contributed by atoms with van der Waals surface area (Å²) in [6, 6.07) is 14.6. The lowest BCUT2D eigenvalue weighted by Gasteiger charge is -2.20. The Bertz CT molecular complexity index is 1770. The third-order valence-electron chi connectivity index (χ3n) is 8.24. The van der Waals surface area contributed by atoms with E-state index < -0.39 is 47.4 Å². The number of halogens is 1. The number of aromatic nitrogens is 6.